The fourth-order valence-electron chi connectivity index (χ4n) is 1.20. The average molecular weight is 341 g/mol. The van der Waals surface area contributed by atoms with Crippen molar-refractivity contribution in [1.29, 1.82) is 0 Å². The second-order valence-corrected chi connectivity index (χ2v) is 4.51. The standard InChI is InChI=1S/C11H12BrF3N2O2/c12-8-5-7(1-2-9(8)16)10(18)17-3-4-19-6-11(13,14)15/h1-2,5H,3-4,6,16H2,(H,17,18). The Balaban J connectivity index is 2.33. The monoisotopic (exact) mass is 340 g/mol. The largest absolute Gasteiger partial charge is 0.411 e. The Morgan fingerprint density at radius 3 is 2.68 bits per heavy atom. The minimum absolute atomic E-state index is 0.00307. The Labute approximate surface area is 116 Å². The molecule has 0 unspecified atom stereocenters. The van der Waals surface area contributed by atoms with E-state index >= 15 is 0 Å². The molecule has 0 radical (unpaired) electrons. The van der Waals surface area contributed by atoms with Crippen molar-refractivity contribution >= 4 is 27.5 Å². The molecule has 1 rings (SSSR count). The molecule has 0 saturated carbocycles. The van der Waals surface area contributed by atoms with Gasteiger partial charge in [0.15, 0.2) is 0 Å². The van der Waals surface area contributed by atoms with Crippen molar-refractivity contribution in [2.45, 2.75) is 6.18 Å². The Morgan fingerprint density at radius 1 is 1.42 bits per heavy atom. The van der Waals surface area contributed by atoms with Crippen LogP contribution in [-0.2, 0) is 4.74 Å². The second-order valence-electron chi connectivity index (χ2n) is 3.66. The van der Waals surface area contributed by atoms with Gasteiger partial charge >= 0.3 is 6.18 Å². The maximum atomic E-state index is 11.8. The van der Waals surface area contributed by atoms with E-state index in [4.69, 9.17) is 5.73 Å². The van der Waals surface area contributed by atoms with Crippen LogP contribution in [0, 0.1) is 0 Å². The summed E-state index contributed by atoms with van der Waals surface area (Å²) in [6.45, 7) is -1.53. The van der Waals surface area contributed by atoms with E-state index in [-0.39, 0.29) is 13.2 Å². The molecule has 0 aliphatic rings. The van der Waals surface area contributed by atoms with Crippen molar-refractivity contribution in [3.05, 3.63) is 28.2 Å². The van der Waals surface area contributed by atoms with E-state index in [1.165, 1.54) is 12.1 Å². The van der Waals surface area contributed by atoms with Crippen molar-refractivity contribution in [3.8, 4) is 0 Å². The number of benzene rings is 1. The quantitative estimate of drug-likeness (QED) is 0.638. The van der Waals surface area contributed by atoms with Crippen LogP contribution in [0.4, 0.5) is 18.9 Å². The van der Waals surface area contributed by atoms with E-state index in [0.717, 1.165) is 0 Å². The highest BCUT2D eigenvalue weighted by Crippen LogP contribution is 2.20. The lowest BCUT2D eigenvalue weighted by molar-refractivity contribution is -0.173. The van der Waals surface area contributed by atoms with Crippen molar-refractivity contribution in [3.63, 3.8) is 0 Å². The van der Waals surface area contributed by atoms with Gasteiger partial charge in [0.25, 0.3) is 5.91 Å². The van der Waals surface area contributed by atoms with E-state index in [2.05, 4.69) is 26.0 Å². The van der Waals surface area contributed by atoms with E-state index in [1.807, 2.05) is 0 Å². The van der Waals surface area contributed by atoms with Crippen LogP contribution >= 0.6 is 15.9 Å². The van der Waals surface area contributed by atoms with E-state index in [0.29, 0.717) is 15.7 Å². The molecule has 0 aliphatic carbocycles. The van der Waals surface area contributed by atoms with Crippen LogP contribution in [-0.4, -0.2) is 31.8 Å². The summed E-state index contributed by atoms with van der Waals surface area (Å²) < 4.78 is 40.2. The summed E-state index contributed by atoms with van der Waals surface area (Å²) in [6, 6.07) is 4.60. The van der Waals surface area contributed by atoms with Crippen molar-refractivity contribution in [2.75, 3.05) is 25.5 Å². The number of ether oxygens (including phenoxy) is 1. The van der Waals surface area contributed by atoms with Gasteiger partial charge in [-0.1, -0.05) is 0 Å². The molecule has 4 nitrogen and oxygen atoms in total. The number of nitrogen functional groups attached to an aromatic ring is 1. The molecular weight excluding hydrogens is 329 g/mol. The molecular formula is C11H12BrF3N2O2. The Hall–Kier alpha value is -1.28. The zero-order valence-electron chi connectivity index (χ0n) is 9.76. The summed E-state index contributed by atoms with van der Waals surface area (Å²) in [6.07, 6.45) is -4.36. The Kier molecular flexibility index (Phi) is 5.61. The van der Waals surface area contributed by atoms with Gasteiger partial charge in [-0.3, -0.25) is 4.79 Å². The van der Waals surface area contributed by atoms with Crippen LogP contribution in [0.1, 0.15) is 10.4 Å². The summed E-state index contributed by atoms with van der Waals surface area (Å²) >= 11 is 3.17. The first-order chi connectivity index (χ1) is 8.79. The molecule has 106 valence electrons. The predicted octanol–water partition coefficient (Wildman–Crippen LogP) is 2.34. The van der Waals surface area contributed by atoms with Gasteiger partial charge in [0.05, 0.1) is 6.61 Å². The number of carbonyl (C=O) groups is 1. The number of halogens is 4. The number of amides is 1. The van der Waals surface area contributed by atoms with Crippen LogP contribution in [0.3, 0.4) is 0 Å². The number of alkyl halides is 3. The number of rotatable bonds is 5. The number of hydrogen-bond acceptors (Lipinski definition) is 3. The van der Waals surface area contributed by atoms with E-state index in [1.54, 1.807) is 6.07 Å². The highest BCUT2D eigenvalue weighted by atomic mass is 79.9. The van der Waals surface area contributed by atoms with Crippen LogP contribution < -0.4 is 11.1 Å². The van der Waals surface area contributed by atoms with Gasteiger partial charge in [-0.05, 0) is 34.1 Å². The number of carbonyl (C=O) groups excluding carboxylic acids is 1. The van der Waals surface area contributed by atoms with E-state index < -0.39 is 18.7 Å². The van der Waals surface area contributed by atoms with Gasteiger partial charge in [0, 0.05) is 22.3 Å². The fraction of sp³-hybridized carbons (Fsp3) is 0.364. The minimum Gasteiger partial charge on any atom is -0.398 e. The first kappa shape index (κ1) is 15.8. The summed E-state index contributed by atoms with van der Waals surface area (Å²) in [5.41, 5.74) is 6.41. The lowest BCUT2D eigenvalue weighted by atomic mass is 10.2. The number of nitrogens with two attached hydrogens (primary N) is 1. The zero-order chi connectivity index (χ0) is 14.5. The van der Waals surface area contributed by atoms with Crippen LogP contribution in [0.15, 0.2) is 22.7 Å². The average Bonchev–Trinajstić information content (AvgIpc) is 2.30. The second kappa shape index (κ2) is 6.76. The topological polar surface area (TPSA) is 64.4 Å². The molecule has 0 heterocycles. The first-order valence-electron chi connectivity index (χ1n) is 5.27. The third kappa shape index (κ3) is 5.93. The van der Waals surface area contributed by atoms with Gasteiger partial charge in [-0.25, -0.2) is 0 Å². The summed E-state index contributed by atoms with van der Waals surface area (Å²) in [4.78, 5) is 11.6. The molecule has 0 aromatic heterocycles. The molecule has 1 amide bonds. The summed E-state index contributed by atoms with van der Waals surface area (Å²) in [7, 11) is 0. The SMILES string of the molecule is Nc1ccc(C(=O)NCCOCC(F)(F)F)cc1Br. The fourth-order valence-corrected chi connectivity index (χ4v) is 1.57. The number of anilines is 1. The molecule has 0 fully saturated rings. The maximum Gasteiger partial charge on any atom is 0.411 e. The van der Waals surface area contributed by atoms with Crippen molar-refractivity contribution < 1.29 is 22.7 Å². The highest BCUT2D eigenvalue weighted by Gasteiger charge is 2.27. The predicted molar refractivity (Wildman–Crippen MR) is 67.8 cm³/mol. The van der Waals surface area contributed by atoms with Gasteiger partial charge in [0.1, 0.15) is 6.61 Å². The van der Waals surface area contributed by atoms with Crippen molar-refractivity contribution in [2.24, 2.45) is 0 Å². The molecule has 0 bridgehead atoms. The van der Waals surface area contributed by atoms with Crippen LogP contribution in [0.2, 0.25) is 0 Å². The Morgan fingerprint density at radius 2 is 2.11 bits per heavy atom. The lowest BCUT2D eigenvalue weighted by Gasteiger charge is -2.09. The third-order valence-electron chi connectivity index (χ3n) is 2.06. The zero-order valence-corrected chi connectivity index (χ0v) is 11.3. The number of nitrogens with one attached hydrogen (secondary N) is 1. The normalized spacial score (nSPS) is 11.4. The molecule has 3 N–H and O–H groups in total. The molecule has 0 saturated heterocycles. The van der Waals surface area contributed by atoms with Crippen LogP contribution in [0.5, 0.6) is 0 Å². The molecule has 0 spiro atoms. The van der Waals surface area contributed by atoms with Gasteiger partial charge in [-0.15, -0.1) is 0 Å². The molecule has 0 aliphatic heterocycles. The lowest BCUT2D eigenvalue weighted by Crippen LogP contribution is -2.28. The summed E-state index contributed by atoms with van der Waals surface area (Å²) in [5.74, 6) is -0.406. The van der Waals surface area contributed by atoms with Gasteiger partial charge < -0.3 is 15.8 Å². The maximum absolute atomic E-state index is 11.8. The summed E-state index contributed by atoms with van der Waals surface area (Å²) in [5, 5.41) is 2.44. The van der Waals surface area contributed by atoms with Gasteiger partial charge in [-0.2, -0.15) is 13.2 Å². The first-order valence-corrected chi connectivity index (χ1v) is 6.06. The molecule has 0 atom stereocenters. The smallest absolute Gasteiger partial charge is 0.398 e. The molecule has 1 aromatic carbocycles. The molecule has 8 heteroatoms. The van der Waals surface area contributed by atoms with Crippen LogP contribution in [0.25, 0.3) is 0 Å². The van der Waals surface area contributed by atoms with Crippen molar-refractivity contribution in [1.82, 2.24) is 5.32 Å². The third-order valence-corrected chi connectivity index (χ3v) is 2.75. The minimum atomic E-state index is -4.36. The molecule has 19 heavy (non-hydrogen) atoms. The highest BCUT2D eigenvalue weighted by molar-refractivity contribution is 9.10. The molecule has 1 aromatic rings. The number of hydrogen-bond donors (Lipinski definition) is 2. The van der Waals surface area contributed by atoms with Gasteiger partial charge in [0.2, 0.25) is 0 Å². The van der Waals surface area contributed by atoms with E-state index in [9.17, 15) is 18.0 Å². The Bertz CT molecular complexity index is 452.